The van der Waals surface area contributed by atoms with Crippen LogP contribution in [0.1, 0.15) is 11.6 Å². The van der Waals surface area contributed by atoms with Gasteiger partial charge in [0.15, 0.2) is 0 Å². The third-order valence-corrected chi connectivity index (χ3v) is 4.46. The number of piperazine rings is 1. The highest BCUT2D eigenvalue weighted by Crippen LogP contribution is 2.37. The number of aliphatic hydroxyl groups excluding tert-OH is 1. The van der Waals surface area contributed by atoms with Crippen LogP contribution in [0, 0.1) is 0 Å². The molecule has 0 aliphatic carbocycles. The summed E-state index contributed by atoms with van der Waals surface area (Å²) in [4.78, 5) is 1.75. The molecule has 1 fully saturated rings. The Kier molecular flexibility index (Phi) is 6.90. The fourth-order valence-electron chi connectivity index (χ4n) is 3.24. The number of alkyl halides is 2. The van der Waals surface area contributed by atoms with Gasteiger partial charge in [0.25, 0.3) is 5.92 Å². The minimum atomic E-state index is -3.17. The standard InChI is InChI=1S/C19H22F2N2O.ClH/c20-19(21,14-24)18(23-12-10-22-11-13-23)17-8-6-16(7-9-17)15-4-2-1-3-5-15;/h1-9,18,22,24H,10-14H2;1H/t18-;/m0./s1. The molecule has 1 aliphatic rings. The fourth-order valence-corrected chi connectivity index (χ4v) is 3.24. The predicted molar refractivity (Wildman–Crippen MR) is 98.3 cm³/mol. The Morgan fingerprint density at radius 1 is 0.960 bits per heavy atom. The van der Waals surface area contributed by atoms with Crippen molar-refractivity contribution in [2.75, 3.05) is 32.8 Å². The number of hydrogen-bond acceptors (Lipinski definition) is 3. The van der Waals surface area contributed by atoms with Gasteiger partial charge in [-0.15, -0.1) is 12.4 Å². The van der Waals surface area contributed by atoms with Gasteiger partial charge in [0.1, 0.15) is 12.6 Å². The molecule has 0 bridgehead atoms. The molecule has 0 radical (unpaired) electrons. The van der Waals surface area contributed by atoms with Crippen LogP contribution in [-0.2, 0) is 0 Å². The molecule has 2 aromatic carbocycles. The summed E-state index contributed by atoms with van der Waals surface area (Å²) in [7, 11) is 0. The van der Waals surface area contributed by atoms with E-state index in [1.807, 2.05) is 42.5 Å². The van der Waals surface area contributed by atoms with Gasteiger partial charge in [-0.25, -0.2) is 8.78 Å². The van der Waals surface area contributed by atoms with Crippen molar-refractivity contribution in [3.05, 3.63) is 60.2 Å². The Balaban J connectivity index is 0.00000225. The maximum atomic E-state index is 14.4. The van der Waals surface area contributed by atoms with Crippen LogP contribution in [0.4, 0.5) is 8.78 Å². The van der Waals surface area contributed by atoms with Crippen LogP contribution in [0.25, 0.3) is 11.1 Å². The van der Waals surface area contributed by atoms with Crippen molar-refractivity contribution in [3.8, 4) is 11.1 Å². The summed E-state index contributed by atoms with van der Waals surface area (Å²) in [5.41, 5.74) is 2.58. The normalized spacial score (nSPS) is 16.9. The Bertz CT molecular complexity index is 646. The van der Waals surface area contributed by atoms with Gasteiger partial charge < -0.3 is 10.4 Å². The van der Waals surface area contributed by atoms with E-state index in [1.54, 1.807) is 17.0 Å². The highest BCUT2D eigenvalue weighted by molar-refractivity contribution is 5.85. The van der Waals surface area contributed by atoms with Crippen LogP contribution < -0.4 is 5.32 Å². The Labute approximate surface area is 153 Å². The van der Waals surface area contributed by atoms with Crippen molar-refractivity contribution in [3.63, 3.8) is 0 Å². The zero-order valence-corrected chi connectivity index (χ0v) is 14.7. The third-order valence-electron chi connectivity index (χ3n) is 4.46. The minimum absolute atomic E-state index is 0. The summed E-state index contributed by atoms with van der Waals surface area (Å²) in [5.74, 6) is -3.17. The third kappa shape index (κ3) is 4.55. The van der Waals surface area contributed by atoms with Crippen molar-refractivity contribution < 1.29 is 13.9 Å². The highest BCUT2D eigenvalue weighted by atomic mass is 35.5. The minimum Gasteiger partial charge on any atom is -0.390 e. The molecule has 1 heterocycles. The largest absolute Gasteiger partial charge is 0.390 e. The Morgan fingerprint density at radius 3 is 2.08 bits per heavy atom. The molecule has 6 heteroatoms. The highest BCUT2D eigenvalue weighted by Gasteiger charge is 2.43. The maximum absolute atomic E-state index is 14.4. The smallest absolute Gasteiger partial charge is 0.289 e. The van der Waals surface area contributed by atoms with Crippen LogP contribution >= 0.6 is 12.4 Å². The molecule has 3 nitrogen and oxygen atoms in total. The Morgan fingerprint density at radius 2 is 1.52 bits per heavy atom. The number of nitrogens with zero attached hydrogens (tertiary/aromatic N) is 1. The molecule has 1 atom stereocenters. The molecular weight excluding hydrogens is 346 g/mol. The molecule has 2 aromatic rings. The summed E-state index contributed by atoms with van der Waals surface area (Å²) in [6, 6.07) is 16.0. The van der Waals surface area contributed by atoms with Crippen molar-refractivity contribution in [2.24, 2.45) is 0 Å². The van der Waals surface area contributed by atoms with E-state index in [-0.39, 0.29) is 12.4 Å². The second kappa shape index (κ2) is 8.72. The first kappa shape index (κ1) is 19.8. The van der Waals surface area contributed by atoms with Gasteiger partial charge in [0, 0.05) is 26.2 Å². The summed E-state index contributed by atoms with van der Waals surface area (Å²) >= 11 is 0. The molecule has 1 aliphatic heterocycles. The molecule has 1 saturated heterocycles. The van der Waals surface area contributed by atoms with Crippen LogP contribution in [-0.4, -0.2) is 48.7 Å². The quantitative estimate of drug-likeness (QED) is 0.849. The van der Waals surface area contributed by atoms with Gasteiger partial charge >= 0.3 is 0 Å². The molecule has 2 N–H and O–H groups in total. The predicted octanol–water partition coefficient (Wildman–Crippen LogP) is 3.35. The summed E-state index contributed by atoms with van der Waals surface area (Å²) in [6.07, 6.45) is 0. The molecule has 0 amide bonds. The zero-order chi connectivity index (χ0) is 17.0. The van der Waals surface area contributed by atoms with Gasteiger partial charge in [-0.05, 0) is 16.7 Å². The van der Waals surface area contributed by atoms with E-state index < -0.39 is 18.6 Å². The average molecular weight is 369 g/mol. The van der Waals surface area contributed by atoms with Crippen LogP contribution in [0.15, 0.2) is 54.6 Å². The van der Waals surface area contributed by atoms with E-state index in [9.17, 15) is 13.9 Å². The lowest BCUT2D eigenvalue weighted by Gasteiger charge is -2.38. The first-order valence-electron chi connectivity index (χ1n) is 8.20. The van der Waals surface area contributed by atoms with Crippen LogP contribution in [0.3, 0.4) is 0 Å². The molecule has 0 unspecified atom stereocenters. The first-order chi connectivity index (χ1) is 11.6. The average Bonchev–Trinajstić information content (AvgIpc) is 2.64. The van der Waals surface area contributed by atoms with Crippen molar-refractivity contribution >= 4 is 12.4 Å². The number of halogens is 3. The second-order valence-corrected chi connectivity index (χ2v) is 6.10. The number of nitrogens with one attached hydrogen (secondary N) is 1. The van der Waals surface area contributed by atoms with Gasteiger partial charge in [0.2, 0.25) is 0 Å². The van der Waals surface area contributed by atoms with E-state index in [2.05, 4.69) is 5.32 Å². The van der Waals surface area contributed by atoms with E-state index in [1.165, 1.54) is 0 Å². The van der Waals surface area contributed by atoms with Crippen molar-refractivity contribution in [2.45, 2.75) is 12.0 Å². The van der Waals surface area contributed by atoms with Crippen LogP contribution in [0.2, 0.25) is 0 Å². The SMILES string of the molecule is Cl.OCC(F)(F)[C@H](c1ccc(-c2ccccc2)cc1)N1CCNCC1. The Hall–Kier alpha value is -1.53. The number of rotatable bonds is 5. The summed E-state index contributed by atoms with van der Waals surface area (Å²) in [6.45, 7) is 1.30. The number of benzene rings is 2. The molecule has 3 rings (SSSR count). The second-order valence-electron chi connectivity index (χ2n) is 6.10. The van der Waals surface area contributed by atoms with Crippen molar-refractivity contribution in [1.82, 2.24) is 10.2 Å². The summed E-state index contributed by atoms with van der Waals surface area (Å²) in [5, 5.41) is 12.4. The number of aliphatic hydroxyl groups is 1. The van der Waals surface area contributed by atoms with Gasteiger partial charge in [-0.3, -0.25) is 4.90 Å². The topological polar surface area (TPSA) is 35.5 Å². The molecule has 0 aromatic heterocycles. The van der Waals surface area contributed by atoms with E-state index in [0.717, 1.165) is 11.1 Å². The molecule has 136 valence electrons. The lowest BCUT2D eigenvalue weighted by atomic mass is 9.95. The first-order valence-corrected chi connectivity index (χ1v) is 8.20. The lowest BCUT2D eigenvalue weighted by molar-refractivity contribution is -0.118. The maximum Gasteiger partial charge on any atom is 0.289 e. The fraction of sp³-hybridized carbons (Fsp3) is 0.368. The number of hydrogen-bond donors (Lipinski definition) is 2. The molecule has 0 saturated carbocycles. The van der Waals surface area contributed by atoms with Gasteiger partial charge in [-0.2, -0.15) is 0 Å². The van der Waals surface area contributed by atoms with E-state index in [4.69, 9.17) is 0 Å². The van der Waals surface area contributed by atoms with Gasteiger partial charge in [0.05, 0.1) is 0 Å². The molecule has 0 spiro atoms. The zero-order valence-electron chi connectivity index (χ0n) is 13.9. The molecule has 25 heavy (non-hydrogen) atoms. The van der Waals surface area contributed by atoms with Gasteiger partial charge in [-0.1, -0.05) is 54.6 Å². The van der Waals surface area contributed by atoms with Crippen LogP contribution in [0.5, 0.6) is 0 Å². The molecular formula is C19H23ClF2N2O. The van der Waals surface area contributed by atoms with Crippen molar-refractivity contribution in [1.29, 1.82) is 0 Å². The van der Waals surface area contributed by atoms with E-state index in [0.29, 0.717) is 31.7 Å². The van der Waals surface area contributed by atoms with E-state index >= 15 is 0 Å². The monoisotopic (exact) mass is 368 g/mol. The summed E-state index contributed by atoms with van der Waals surface area (Å²) < 4.78 is 28.8. The lowest BCUT2D eigenvalue weighted by Crippen LogP contribution is -2.51.